The zero-order valence-corrected chi connectivity index (χ0v) is 15.2. The number of fused-ring (bicyclic) bond motifs is 1. The number of carboxylic acid groups (broad SMARTS) is 1. The Morgan fingerprint density at radius 2 is 2.11 bits per heavy atom. The molecule has 1 aliphatic heterocycles. The van der Waals surface area contributed by atoms with Gasteiger partial charge in [-0.3, -0.25) is 9.20 Å². The second-order valence-corrected chi connectivity index (χ2v) is 8.41. The number of aryl methyl sites for hydroxylation is 1. The Morgan fingerprint density at radius 1 is 1.41 bits per heavy atom. The molecule has 0 amide bonds. The van der Waals surface area contributed by atoms with Gasteiger partial charge in [0.05, 0.1) is 17.4 Å². The molecule has 2 atom stereocenters. The fourth-order valence-electron chi connectivity index (χ4n) is 4.82. The molecule has 0 radical (unpaired) electrons. The van der Waals surface area contributed by atoms with Crippen LogP contribution in [-0.2, 0) is 0 Å². The summed E-state index contributed by atoms with van der Waals surface area (Å²) in [6.07, 6.45) is 5.02. The lowest BCUT2D eigenvalue weighted by atomic mass is 10.0. The standard InChI is InChI=1S/C20H22FN3O3/c1-10-16-12(11-2-3-11)6-13(19(26)27)18(25)24(16)8-14(21)17(10)23-5-4-20(9-23)7-15(20)22/h6,8,11,15H,2-5,7,9,22H2,1H3,(H,26,27)/t15-,20-/m1/s1. The molecule has 27 heavy (non-hydrogen) atoms. The topological polar surface area (TPSA) is 88.0 Å². The Balaban J connectivity index is 1.73. The van der Waals surface area contributed by atoms with Gasteiger partial charge >= 0.3 is 5.97 Å². The van der Waals surface area contributed by atoms with Gasteiger partial charge in [0.25, 0.3) is 5.56 Å². The van der Waals surface area contributed by atoms with E-state index in [-0.39, 0.29) is 22.9 Å². The van der Waals surface area contributed by atoms with E-state index < -0.39 is 17.3 Å². The van der Waals surface area contributed by atoms with Crippen molar-refractivity contribution in [1.29, 1.82) is 0 Å². The molecule has 0 bridgehead atoms. The Hall–Kier alpha value is -2.41. The zero-order valence-electron chi connectivity index (χ0n) is 15.2. The molecule has 2 aliphatic carbocycles. The van der Waals surface area contributed by atoms with E-state index >= 15 is 4.39 Å². The summed E-state index contributed by atoms with van der Waals surface area (Å²) in [6, 6.07) is 1.68. The molecule has 1 saturated heterocycles. The van der Waals surface area contributed by atoms with Crippen LogP contribution in [0.2, 0.25) is 0 Å². The third-order valence-electron chi connectivity index (χ3n) is 6.64. The average Bonchev–Trinajstić information content (AvgIpc) is 3.49. The summed E-state index contributed by atoms with van der Waals surface area (Å²) in [5.41, 5.74) is 7.93. The number of carbonyl (C=O) groups is 1. The predicted molar refractivity (Wildman–Crippen MR) is 99.2 cm³/mol. The molecule has 3 heterocycles. The van der Waals surface area contributed by atoms with E-state index in [4.69, 9.17) is 5.73 Å². The molecule has 6 nitrogen and oxygen atoms in total. The molecule has 142 valence electrons. The summed E-state index contributed by atoms with van der Waals surface area (Å²) >= 11 is 0. The van der Waals surface area contributed by atoms with Crippen LogP contribution in [-0.4, -0.2) is 34.6 Å². The summed E-state index contributed by atoms with van der Waals surface area (Å²) in [4.78, 5) is 26.2. The third-order valence-corrected chi connectivity index (χ3v) is 6.64. The molecule has 7 heteroatoms. The van der Waals surface area contributed by atoms with Crippen molar-refractivity contribution < 1.29 is 14.3 Å². The molecule has 2 aromatic heterocycles. The van der Waals surface area contributed by atoms with Gasteiger partial charge in [0.15, 0.2) is 5.82 Å². The summed E-state index contributed by atoms with van der Waals surface area (Å²) in [7, 11) is 0. The maximum absolute atomic E-state index is 15.1. The Morgan fingerprint density at radius 3 is 2.67 bits per heavy atom. The van der Waals surface area contributed by atoms with Crippen molar-refractivity contribution in [3.63, 3.8) is 0 Å². The quantitative estimate of drug-likeness (QED) is 0.864. The van der Waals surface area contributed by atoms with Crippen LogP contribution in [0.15, 0.2) is 17.1 Å². The van der Waals surface area contributed by atoms with Gasteiger partial charge in [-0.15, -0.1) is 0 Å². The zero-order chi connectivity index (χ0) is 19.1. The van der Waals surface area contributed by atoms with E-state index in [1.807, 2.05) is 11.8 Å². The van der Waals surface area contributed by atoms with Crippen molar-refractivity contribution in [3.8, 4) is 0 Å². The fraction of sp³-hybridized carbons (Fsp3) is 0.500. The fourth-order valence-corrected chi connectivity index (χ4v) is 4.82. The summed E-state index contributed by atoms with van der Waals surface area (Å²) < 4.78 is 16.3. The summed E-state index contributed by atoms with van der Waals surface area (Å²) in [5, 5.41) is 9.38. The maximum atomic E-state index is 15.1. The molecular weight excluding hydrogens is 349 g/mol. The highest BCUT2D eigenvalue weighted by Gasteiger charge is 2.55. The van der Waals surface area contributed by atoms with Gasteiger partial charge in [0.1, 0.15) is 5.56 Å². The van der Waals surface area contributed by atoms with Gasteiger partial charge in [0, 0.05) is 24.5 Å². The van der Waals surface area contributed by atoms with Crippen molar-refractivity contribution >= 4 is 17.2 Å². The monoisotopic (exact) mass is 371 g/mol. The molecule has 3 fully saturated rings. The highest BCUT2D eigenvalue weighted by atomic mass is 19.1. The lowest BCUT2D eigenvalue weighted by Gasteiger charge is -2.24. The van der Waals surface area contributed by atoms with Crippen LogP contribution in [0.1, 0.15) is 53.1 Å². The van der Waals surface area contributed by atoms with Crippen molar-refractivity contribution in [2.45, 2.75) is 44.6 Å². The number of halogens is 1. The molecule has 0 unspecified atom stereocenters. The number of pyridine rings is 2. The van der Waals surface area contributed by atoms with Crippen LogP contribution in [0.4, 0.5) is 10.1 Å². The van der Waals surface area contributed by atoms with Gasteiger partial charge in [-0.1, -0.05) is 0 Å². The highest BCUT2D eigenvalue weighted by Crippen LogP contribution is 2.53. The number of hydrogen-bond donors (Lipinski definition) is 2. The molecule has 3 aliphatic rings. The van der Waals surface area contributed by atoms with E-state index in [0.717, 1.165) is 50.5 Å². The molecule has 0 aromatic carbocycles. The first-order valence-corrected chi connectivity index (χ1v) is 9.44. The third kappa shape index (κ3) is 2.34. The number of rotatable bonds is 3. The van der Waals surface area contributed by atoms with Crippen LogP contribution in [0.3, 0.4) is 0 Å². The molecule has 3 N–H and O–H groups in total. The van der Waals surface area contributed by atoms with Gasteiger partial charge in [-0.05, 0) is 55.7 Å². The van der Waals surface area contributed by atoms with Crippen LogP contribution in [0.25, 0.3) is 5.52 Å². The van der Waals surface area contributed by atoms with E-state index in [1.165, 1.54) is 10.5 Å². The number of aromatic nitrogens is 1. The number of hydrogen-bond acceptors (Lipinski definition) is 4. The lowest BCUT2D eigenvalue weighted by Crippen LogP contribution is -2.28. The number of anilines is 1. The van der Waals surface area contributed by atoms with Crippen molar-refractivity contribution in [1.82, 2.24) is 4.40 Å². The SMILES string of the molecule is Cc1c(N2CC[C@@]3(C[C@H]3N)C2)c(F)cn2c(=O)c(C(=O)O)cc(C3CC3)c12. The number of carboxylic acids is 1. The minimum atomic E-state index is -1.28. The van der Waals surface area contributed by atoms with Crippen molar-refractivity contribution in [2.24, 2.45) is 11.1 Å². The molecule has 1 spiro atoms. The van der Waals surface area contributed by atoms with Crippen molar-refractivity contribution in [2.75, 3.05) is 18.0 Å². The first kappa shape index (κ1) is 16.7. The normalized spacial score (nSPS) is 26.9. The van der Waals surface area contributed by atoms with Gasteiger partial charge in [-0.2, -0.15) is 0 Å². The van der Waals surface area contributed by atoms with Gasteiger partial charge in [-0.25, -0.2) is 9.18 Å². The summed E-state index contributed by atoms with van der Waals surface area (Å²) in [5.74, 6) is -1.53. The first-order valence-electron chi connectivity index (χ1n) is 9.44. The predicted octanol–water partition coefficient (Wildman–Crippen LogP) is 2.25. The number of nitrogens with two attached hydrogens (primary N) is 1. The summed E-state index contributed by atoms with van der Waals surface area (Å²) in [6.45, 7) is 3.31. The van der Waals surface area contributed by atoms with Crippen LogP contribution in [0.5, 0.6) is 0 Å². The van der Waals surface area contributed by atoms with Crippen LogP contribution in [0, 0.1) is 18.2 Å². The smallest absolute Gasteiger partial charge is 0.341 e. The average molecular weight is 371 g/mol. The van der Waals surface area contributed by atoms with Crippen LogP contribution < -0.4 is 16.2 Å². The molecule has 5 rings (SSSR count). The molecule has 2 saturated carbocycles. The Kier molecular flexibility index (Phi) is 3.30. The maximum Gasteiger partial charge on any atom is 0.341 e. The second-order valence-electron chi connectivity index (χ2n) is 8.41. The van der Waals surface area contributed by atoms with E-state index in [1.54, 1.807) is 0 Å². The van der Waals surface area contributed by atoms with Gasteiger partial charge in [0.2, 0.25) is 0 Å². The molecule has 2 aromatic rings. The number of nitrogens with zero attached hydrogens (tertiary/aromatic N) is 2. The van der Waals surface area contributed by atoms with E-state index in [0.29, 0.717) is 16.8 Å². The highest BCUT2D eigenvalue weighted by molar-refractivity contribution is 5.89. The lowest BCUT2D eigenvalue weighted by molar-refractivity contribution is 0.0694. The Bertz CT molecular complexity index is 1060. The van der Waals surface area contributed by atoms with E-state index in [2.05, 4.69) is 0 Å². The van der Waals surface area contributed by atoms with Crippen molar-refractivity contribution in [3.05, 3.63) is 45.1 Å². The molecular formula is C20H22FN3O3. The minimum Gasteiger partial charge on any atom is -0.477 e. The second kappa shape index (κ2) is 5.32. The minimum absolute atomic E-state index is 0.108. The van der Waals surface area contributed by atoms with Gasteiger partial charge < -0.3 is 15.7 Å². The Labute approximate surface area is 155 Å². The van der Waals surface area contributed by atoms with E-state index in [9.17, 15) is 14.7 Å². The number of aromatic carboxylic acids is 1. The first-order chi connectivity index (χ1) is 12.8. The largest absolute Gasteiger partial charge is 0.477 e. The van der Waals surface area contributed by atoms with Crippen LogP contribution >= 0.6 is 0 Å².